The number of methoxy groups -OCH3 is 2. The number of hydrogen-bond donors (Lipinski definition) is 0. The van der Waals surface area contributed by atoms with E-state index in [2.05, 4.69) is 0 Å². The summed E-state index contributed by atoms with van der Waals surface area (Å²) in [7, 11) is 3.16. The number of ether oxygens (including phenoxy) is 3. The third-order valence-electron chi connectivity index (χ3n) is 6.39. The Morgan fingerprint density at radius 1 is 1.09 bits per heavy atom. The summed E-state index contributed by atoms with van der Waals surface area (Å²) >= 11 is 0. The van der Waals surface area contributed by atoms with E-state index in [1.807, 2.05) is 30.3 Å². The molecule has 2 amide bonds. The standard InChI is InChI=1S/C26H30N2O6/c1-17(29)27(14-20-8-10-23(32-2)13-25(20)33-3)15-24-16-28(26(31)34-24)21-9-7-19-12-22(30)6-4-5-18(19)11-21/h7-11,13,24H,4-6,12,14-16H2,1-3H3/t24-/m0/s1. The first-order valence-electron chi connectivity index (χ1n) is 11.5. The maximum atomic E-state index is 12.7. The molecule has 2 aliphatic rings. The lowest BCUT2D eigenvalue weighted by Crippen LogP contribution is -2.37. The quantitative estimate of drug-likeness (QED) is 0.581. The van der Waals surface area contributed by atoms with Crippen LogP contribution in [0, 0.1) is 0 Å². The second kappa shape index (κ2) is 10.2. The van der Waals surface area contributed by atoms with Gasteiger partial charge in [-0.2, -0.15) is 0 Å². The summed E-state index contributed by atoms with van der Waals surface area (Å²) in [5, 5.41) is 0. The van der Waals surface area contributed by atoms with Gasteiger partial charge in [-0.05, 0) is 48.2 Å². The van der Waals surface area contributed by atoms with Gasteiger partial charge in [0.1, 0.15) is 23.4 Å². The van der Waals surface area contributed by atoms with Gasteiger partial charge in [0, 0.05) is 43.6 Å². The van der Waals surface area contributed by atoms with Gasteiger partial charge in [-0.15, -0.1) is 0 Å². The SMILES string of the molecule is COc1ccc(CN(C[C@H]2CN(c3ccc4c(c3)CCCC(=O)C4)C(=O)O2)C(C)=O)c(OC)c1. The minimum Gasteiger partial charge on any atom is -0.497 e. The summed E-state index contributed by atoms with van der Waals surface area (Å²) in [5.74, 6) is 1.42. The molecule has 1 aliphatic carbocycles. The second-order valence-electron chi connectivity index (χ2n) is 8.72. The molecule has 1 fully saturated rings. The molecule has 1 aliphatic heterocycles. The fourth-order valence-electron chi connectivity index (χ4n) is 4.53. The van der Waals surface area contributed by atoms with Gasteiger partial charge >= 0.3 is 6.09 Å². The summed E-state index contributed by atoms with van der Waals surface area (Å²) in [6, 6.07) is 11.2. The number of rotatable bonds is 7. The van der Waals surface area contributed by atoms with Crippen molar-refractivity contribution in [3.8, 4) is 11.5 Å². The van der Waals surface area contributed by atoms with Crippen LogP contribution in [0.2, 0.25) is 0 Å². The lowest BCUT2D eigenvalue weighted by Gasteiger charge is -2.24. The lowest BCUT2D eigenvalue weighted by molar-refractivity contribution is -0.130. The summed E-state index contributed by atoms with van der Waals surface area (Å²) < 4.78 is 16.3. The minimum absolute atomic E-state index is 0.123. The number of Topliss-reactive ketones (excluding diaryl/α,β-unsaturated/α-hetero) is 1. The van der Waals surface area contributed by atoms with E-state index in [0.717, 1.165) is 35.2 Å². The van der Waals surface area contributed by atoms with Gasteiger partial charge in [0.2, 0.25) is 5.91 Å². The third kappa shape index (κ3) is 5.16. The first-order chi connectivity index (χ1) is 16.4. The number of ketones is 1. The maximum absolute atomic E-state index is 12.7. The summed E-state index contributed by atoms with van der Waals surface area (Å²) in [6.07, 6.45) is 1.80. The highest BCUT2D eigenvalue weighted by Crippen LogP contribution is 2.29. The highest BCUT2D eigenvalue weighted by Gasteiger charge is 2.34. The molecule has 180 valence electrons. The zero-order valence-electron chi connectivity index (χ0n) is 19.8. The molecule has 0 bridgehead atoms. The number of carbonyl (C=O) groups is 3. The molecule has 0 spiro atoms. The van der Waals surface area contributed by atoms with E-state index < -0.39 is 12.2 Å². The van der Waals surface area contributed by atoms with Gasteiger partial charge < -0.3 is 19.1 Å². The smallest absolute Gasteiger partial charge is 0.414 e. The molecule has 0 aromatic heterocycles. The summed E-state index contributed by atoms with van der Waals surface area (Å²) in [4.78, 5) is 40.2. The Bertz CT molecular complexity index is 1100. The van der Waals surface area contributed by atoms with E-state index in [1.165, 1.54) is 6.92 Å². The monoisotopic (exact) mass is 466 g/mol. The molecule has 0 N–H and O–H groups in total. The Hall–Kier alpha value is -3.55. The van der Waals surface area contributed by atoms with Crippen LogP contribution in [0.25, 0.3) is 0 Å². The van der Waals surface area contributed by atoms with Crippen molar-refractivity contribution in [2.24, 2.45) is 0 Å². The molecular formula is C26H30N2O6. The van der Waals surface area contributed by atoms with Crippen molar-refractivity contribution in [1.82, 2.24) is 4.90 Å². The average molecular weight is 467 g/mol. The van der Waals surface area contributed by atoms with Crippen LogP contribution >= 0.6 is 0 Å². The van der Waals surface area contributed by atoms with Crippen molar-refractivity contribution in [3.05, 3.63) is 53.1 Å². The molecule has 8 nitrogen and oxygen atoms in total. The van der Waals surface area contributed by atoms with Gasteiger partial charge in [-0.25, -0.2) is 4.79 Å². The number of benzene rings is 2. The molecule has 1 heterocycles. The van der Waals surface area contributed by atoms with E-state index >= 15 is 0 Å². The van der Waals surface area contributed by atoms with Crippen molar-refractivity contribution in [3.63, 3.8) is 0 Å². The first kappa shape index (κ1) is 23.6. The molecular weight excluding hydrogens is 436 g/mol. The number of carbonyl (C=O) groups excluding carboxylic acids is 3. The van der Waals surface area contributed by atoms with Gasteiger partial charge in [-0.1, -0.05) is 6.07 Å². The fourth-order valence-corrected chi connectivity index (χ4v) is 4.53. The van der Waals surface area contributed by atoms with Gasteiger partial charge in [0.05, 0.1) is 27.3 Å². The van der Waals surface area contributed by atoms with Crippen LogP contribution in [-0.4, -0.2) is 56.1 Å². The lowest BCUT2D eigenvalue weighted by atomic mass is 10.0. The van der Waals surface area contributed by atoms with E-state index in [-0.39, 0.29) is 18.2 Å². The van der Waals surface area contributed by atoms with Crippen molar-refractivity contribution < 1.29 is 28.6 Å². The highest BCUT2D eigenvalue weighted by atomic mass is 16.6. The molecule has 4 rings (SSSR count). The van der Waals surface area contributed by atoms with Crippen LogP contribution in [-0.2, 0) is 33.7 Å². The normalized spacial score (nSPS) is 17.6. The van der Waals surface area contributed by atoms with E-state index in [1.54, 1.807) is 30.1 Å². The number of fused-ring (bicyclic) bond motifs is 1. The number of anilines is 1. The Morgan fingerprint density at radius 3 is 2.65 bits per heavy atom. The number of amides is 2. The molecule has 2 aromatic rings. The number of aryl methyl sites for hydroxylation is 1. The van der Waals surface area contributed by atoms with Crippen LogP contribution in [0.1, 0.15) is 36.5 Å². The molecule has 1 saturated heterocycles. The average Bonchev–Trinajstić information content (AvgIpc) is 3.08. The van der Waals surface area contributed by atoms with Crippen LogP contribution in [0.15, 0.2) is 36.4 Å². The van der Waals surface area contributed by atoms with Crippen LogP contribution in [0.4, 0.5) is 10.5 Å². The zero-order chi connectivity index (χ0) is 24.2. The largest absolute Gasteiger partial charge is 0.497 e. The van der Waals surface area contributed by atoms with E-state index in [4.69, 9.17) is 14.2 Å². The van der Waals surface area contributed by atoms with Crippen molar-refractivity contribution in [1.29, 1.82) is 0 Å². The van der Waals surface area contributed by atoms with Gasteiger partial charge in [0.15, 0.2) is 0 Å². The van der Waals surface area contributed by atoms with Crippen molar-refractivity contribution >= 4 is 23.5 Å². The first-order valence-corrected chi connectivity index (χ1v) is 11.5. The topological polar surface area (TPSA) is 85.4 Å². The van der Waals surface area contributed by atoms with E-state index in [9.17, 15) is 14.4 Å². The molecule has 1 atom stereocenters. The van der Waals surface area contributed by atoms with Crippen LogP contribution in [0.5, 0.6) is 11.5 Å². The molecule has 2 aromatic carbocycles. The Morgan fingerprint density at radius 2 is 1.91 bits per heavy atom. The van der Waals surface area contributed by atoms with E-state index in [0.29, 0.717) is 37.4 Å². The fraction of sp³-hybridized carbons (Fsp3) is 0.423. The minimum atomic E-state index is -0.457. The zero-order valence-corrected chi connectivity index (χ0v) is 19.8. The molecule has 0 saturated carbocycles. The van der Waals surface area contributed by atoms with Gasteiger partial charge in [-0.3, -0.25) is 14.5 Å². The molecule has 0 radical (unpaired) electrons. The maximum Gasteiger partial charge on any atom is 0.414 e. The predicted octanol–water partition coefficient (Wildman–Crippen LogP) is 3.53. The molecule has 0 unspecified atom stereocenters. The van der Waals surface area contributed by atoms with Crippen molar-refractivity contribution in [2.45, 2.75) is 45.3 Å². The second-order valence-corrected chi connectivity index (χ2v) is 8.72. The molecule has 34 heavy (non-hydrogen) atoms. The summed E-state index contributed by atoms with van der Waals surface area (Å²) in [5.41, 5.74) is 3.73. The van der Waals surface area contributed by atoms with Crippen LogP contribution in [0.3, 0.4) is 0 Å². The van der Waals surface area contributed by atoms with Crippen LogP contribution < -0.4 is 14.4 Å². The number of hydrogen-bond acceptors (Lipinski definition) is 6. The highest BCUT2D eigenvalue weighted by molar-refractivity contribution is 5.90. The third-order valence-corrected chi connectivity index (χ3v) is 6.39. The Labute approximate surface area is 199 Å². The Balaban J connectivity index is 1.46. The predicted molar refractivity (Wildman–Crippen MR) is 126 cm³/mol. The number of nitrogens with zero attached hydrogens (tertiary/aromatic N) is 2. The number of cyclic esters (lactones) is 1. The Kier molecular flexibility index (Phi) is 7.05. The molecule has 8 heteroatoms. The summed E-state index contributed by atoms with van der Waals surface area (Å²) in [6.45, 7) is 2.44. The van der Waals surface area contributed by atoms with Gasteiger partial charge in [0.25, 0.3) is 0 Å². The van der Waals surface area contributed by atoms with Crippen molar-refractivity contribution in [2.75, 3.05) is 32.2 Å².